The highest BCUT2D eigenvalue weighted by Gasteiger charge is 2.70. The summed E-state index contributed by atoms with van der Waals surface area (Å²) in [4.78, 5) is 2.78. The first-order valence-corrected chi connectivity index (χ1v) is 11.2. The maximum Gasteiger partial charge on any atom is 0.0486 e. The normalized spacial score (nSPS) is 37.7. The Balaban J connectivity index is 1.79. The third kappa shape index (κ3) is 2.18. The van der Waals surface area contributed by atoms with Crippen LogP contribution in [0.25, 0.3) is 11.8 Å². The second kappa shape index (κ2) is 5.52. The summed E-state index contributed by atoms with van der Waals surface area (Å²) in [6.45, 7) is 15.7. The smallest absolute Gasteiger partial charge is 0.0486 e. The van der Waals surface area contributed by atoms with Crippen molar-refractivity contribution < 1.29 is 0 Å². The molecule has 1 aromatic carbocycles. The van der Waals surface area contributed by atoms with Gasteiger partial charge < -0.3 is 4.90 Å². The Bertz CT molecular complexity index is 966. The topological polar surface area (TPSA) is 3.24 Å². The molecule has 5 atom stereocenters. The molecule has 0 saturated heterocycles. The Morgan fingerprint density at radius 1 is 1.22 bits per heavy atom. The molecule has 1 heteroatoms. The summed E-state index contributed by atoms with van der Waals surface area (Å²) < 4.78 is 0. The van der Waals surface area contributed by atoms with Gasteiger partial charge in [-0.05, 0) is 66.7 Å². The van der Waals surface area contributed by atoms with Crippen molar-refractivity contribution >= 4 is 11.8 Å². The fourth-order valence-corrected chi connectivity index (χ4v) is 6.79. The second-order valence-corrected chi connectivity index (χ2v) is 10.4. The predicted octanol–water partition coefficient (Wildman–Crippen LogP) is 4.95. The van der Waals surface area contributed by atoms with Gasteiger partial charge in [0.2, 0.25) is 0 Å². The van der Waals surface area contributed by atoms with E-state index in [-0.39, 0.29) is 0 Å². The van der Waals surface area contributed by atoms with Crippen LogP contribution in [-0.2, 0) is 0 Å². The summed E-state index contributed by atoms with van der Waals surface area (Å²) in [6.07, 6.45) is 7.67. The van der Waals surface area contributed by atoms with Gasteiger partial charge >= 0.3 is 0 Å². The average Bonchev–Trinajstić information content (AvgIpc) is 3.22. The highest BCUT2D eigenvalue weighted by Crippen LogP contribution is 2.71. The molecule has 2 aliphatic carbocycles. The van der Waals surface area contributed by atoms with E-state index in [0.717, 1.165) is 18.4 Å². The van der Waals surface area contributed by atoms with Crippen molar-refractivity contribution in [1.29, 1.82) is 0 Å². The lowest BCUT2D eigenvalue weighted by atomic mass is 9.68. The molecule has 1 saturated carbocycles. The number of hydrogen-bond donors (Lipinski definition) is 0. The fourth-order valence-electron chi connectivity index (χ4n) is 6.79. The summed E-state index contributed by atoms with van der Waals surface area (Å²) in [6, 6.07) is 7.32. The van der Waals surface area contributed by atoms with Gasteiger partial charge in [-0.2, -0.15) is 0 Å². The first kappa shape index (κ1) is 17.6. The summed E-state index contributed by atoms with van der Waals surface area (Å²) >= 11 is 0. The molecule has 2 heterocycles. The van der Waals surface area contributed by atoms with Crippen molar-refractivity contribution in [3.63, 3.8) is 0 Å². The summed E-state index contributed by atoms with van der Waals surface area (Å²) in [5, 5.41) is 2.97. The average molecular weight is 362 g/mol. The third-order valence-electron chi connectivity index (χ3n) is 8.64. The predicted molar refractivity (Wildman–Crippen MR) is 115 cm³/mol. The van der Waals surface area contributed by atoms with Crippen molar-refractivity contribution in [2.75, 3.05) is 6.54 Å². The highest BCUT2D eigenvalue weighted by molar-refractivity contribution is 5.74. The van der Waals surface area contributed by atoms with Crippen molar-refractivity contribution in [3.05, 3.63) is 45.3 Å². The minimum absolute atomic E-state index is 0.319. The highest BCUT2D eigenvalue weighted by atomic mass is 15.3. The number of rotatable bonds is 2. The first-order chi connectivity index (χ1) is 12.8. The minimum Gasteiger partial charge on any atom is -0.361 e. The van der Waals surface area contributed by atoms with E-state index in [2.05, 4.69) is 70.7 Å². The van der Waals surface area contributed by atoms with Gasteiger partial charge in [0, 0.05) is 28.4 Å². The maximum absolute atomic E-state index is 2.78. The standard InChI is InChI=1S/C26H35N/c1-7-17(3)19-8-9-21-20(14-19)10-11-27-24(21)22-13-16(2)12-18(4)23(22)25(5)15-26(25,27)6/h8-10,14,16-18H,7,11-13,15H2,1-6H3/t16?,17?,18?,25?,26-/m1/s1. The van der Waals surface area contributed by atoms with Gasteiger partial charge in [-0.15, -0.1) is 0 Å². The summed E-state index contributed by atoms with van der Waals surface area (Å²) in [7, 11) is 0. The van der Waals surface area contributed by atoms with Crippen molar-refractivity contribution in [1.82, 2.24) is 4.90 Å². The molecule has 4 aliphatic rings. The Kier molecular flexibility index (Phi) is 3.60. The molecule has 0 aromatic heterocycles. The van der Waals surface area contributed by atoms with E-state index in [0.29, 0.717) is 16.9 Å². The van der Waals surface area contributed by atoms with E-state index >= 15 is 0 Å². The zero-order valence-corrected chi connectivity index (χ0v) is 18.0. The molecule has 5 rings (SSSR count). The quantitative estimate of drug-likeness (QED) is 0.720. The molecule has 0 spiro atoms. The molecule has 0 bridgehead atoms. The van der Waals surface area contributed by atoms with Crippen LogP contribution in [0.4, 0.5) is 0 Å². The van der Waals surface area contributed by atoms with E-state index in [1.54, 1.807) is 11.3 Å². The maximum atomic E-state index is 2.78. The molecular weight excluding hydrogens is 326 g/mol. The Hall–Kier alpha value is -1.50. The molecule has 27 heavy (non-hydrogen) atoms. The van der Waals surface area contributed by atoms with Gasteiger partial charge in [-0.3, -0.25) is 0 Å². The number of hydrogen-bond acceptors (Lipinski definition) is 1. The lowest BCUT2D eigenvalue weighted by Crippen LogP contribution is -2.51. The third-order valence-corrected chi connectivity index (χ3v) is 8.64. The molecule has 0 N–H and O–H groups in total. The summed E-state index contributed by atoms with van der Waals surface area (Å²) in [5.41, 5.74) is 7.33. The van der Waals surface area contributed by atoms with Crippen LogP contribution in [0.3, 0.4) is 0 Å². The van der Waals surface area contributed by atoms with E-state index in [1.165, 1.54) is 41.7 Å². The number of nitrogens with zero attached hydrogens (tertiary/aromatic N) is 1. The molecule has 2 aliphatic heterocycles. The van der Waals surface area contributed by atoms with Crippen LogP contribution in [0.15, 0.2) is 29.3 Å². The van der Waals surface area contributed by atoms with Gasteiger partial charge in [0.1, 0.15) is 0 Å². The van der Waals surface area contributed by atoms with Crippen molar-refractivity contribution in [2.24, 2.45) is 17.3 Å². The molecule has 0 radical (unpaired) electrons. The van der Waals surface area contributed by atoms with Crippen molar-refractivity contribution in [2.45, 2.75) is 78.7 Å². The van der Waals surface area contributed by atoms with E-state index in [4.69, 9.17) is 0 Å². The SMILES string of the molecule is CCC(C)c1ccc2c(c1)=CCN1C=2C2=C(C(C)CC(C)C2)C2(C)C[C@@]12C. The van der Waals surface area contributed by atoms with Gasteiger partial charge in [-0.1, -0.05) is 64.5 Å². The first-order valence-electron chi connectivity index (χ1n) is 11.2. The zero-order chi connectivity index (χ0) is 19.1. The largest absolute Gasteiger partial charge is 0.361 e. The van der Waals surface area contributed by atoms with Crippen LogP contribution in [0.1, 0.15) is 78.7 Å². The van der Waals surface area contributed by atoms with Gasteiger partial charge in [0.25, 0.3) is 0 Å². The Morgan fingerprint density at radius 2 is 2.00 bits per heavy atom. The van der Waals surface area contributed by atoms with Gasteiger partial charge in [0.05, 0.1) is 0 Å². The molecule has 144 valence electrons. The van der Waals surface area contributed by atoms with Gasteiger partial charge in [-0.25, -0.2) is 0 Å². The molecule has 0 amide bonds. The van der Waals surface area contributed by atoms with Gasteiger partial charge in [0.15, 0.2) is 0 Å². The van der Waals surface area contributed by atoms with E-state index in [1.807, 2.05) is 5.57 Å². The lowest BCUT2D eigenvalue weighted by molar-refractivity contribution is 0.234. The molecule has 1 fully saturated rings. The van der Waals surface area contributed by atoms with Crippen LogP contribution in [-0.4, -0.2) is 17.0 Å². The van der Waals surface area contributed by atoms with Crippen LogP contribution in [0, 0.1) is 17.3 Å². The minimum atomic E-state index is 0.319. The second-order valence-electron chi connectivity index (χ2n) is 10.4. The fraction of sp³-hybridized carbons (Fsp3) is 0.615. The monoisotopic (exact) mass is 361 g/mol. The van der Waals surface area contributed by atoms with Crippen LogP contribution >= 0.6 is 0 Å². The molecule has 1 nitrogen and oxygen atoms in total. The number of fused-ring (bicyclic) bond motifs is 6. The van der Waals surface area contributed by atoms with E-state index < -0.39 is 0 Å². The summed E-state index contributed by atoms with van der Waals surface area (Å²) in [5.74, 6) is 2.18. The molecule has 1 aromatic rings. The Labute approximate surface area is 164 Å². The number of benzene rings is 1. The molecule has 4 unspecified atom stereocenters. The van der Waals surface area contributed by atoms with Crippen LogP contribution in [0.2, 0.25) is 0 Å². The van der Waals surface area contributed by atoms with Crippen molar-refractivity contribution in [3.8, 4) is 0 Å². The lowest BCUT2D eigenvalue weighted by Gasteiger charge is -2.48. The van der Waals surface area contributed by atoms with E-state index in [9.17, 15) is 0 Å². The van der Waals surface area contributed by atoms with Crippen LogP contribution in [0.5, 0.6) is 0 Å². The Morgan fingerprint density at radius 3 is 2.74 bits per heavy atom. The molecular formula is C26H35N. The zero-order valence-electron chi connectivity index (χ0n) is 18.0. The van der Waals surface area contributed by atoms with Crippen LogP contribution < -0.4 is 10.4 Å².